The van der Waals surface area contributed by atoms with Crippen LogP contribution in [0.2, 0.25) is 0 Å². The molecule has 1 aromatic heterocycles. The van der Waals surface area contributed by atoms with E-state index in [1.807, 2.05) is 26.2 Å². The molecule has 8 heteroatoms. The minimum atomic E-state index is -0.216. The molecule has 1 aliphatic heterocycles. The zero-order chi connectivity index (χ0) is 26.2. The summed E-state index contributed by atoms with van der Waals surface area (Å²) in [5.41, 5.74) is 3.25. The first-order chi connectivity index (χ1) is 17.9. The van der Waals surface area contributed by atoms with Gasteiger partial charge in [-0.05, 0) is 64.7 Å². The number of carbonyl (C=O) groups excluding carboxylic acids is 2. The number of carbonyl (C=O) groups is 2. The number of nitrogens with zero attached hydrogens (tertiary/aromatic N) is 3. The van der Waals surface area contributed by atoms with Crippen molar-refractivity contribution < 1.29 is 14.3 Å². The molecule has 2 aromatic carbocycles. The molecule has 7 nitrogen and oxygen atoms in total. The molecule has 2 amide bonds. The summed E-state index contributed by atoms with van der Waals surface area (Å²) in [5.74, 6) is 0.249. The number of hydrogen-bond donors (Lipinski definition) is 1. The number of hydrogen-bond acceptors (Lipinski definition) is 5. The summed E-state index contributed by atoms with van der Waals surface area (Å²) in [6.45, 7) is 1.69. The highest BCUT2D eigenvalue weighted by Crippen LogP contribution is 2.21. The summed E-state index contributed by atoms with van der Waals surface area (Å²) in [4.78, 5) is 34.4. The predicted octanol–water partition coefficient (Wildman–Crippen LogP) is 4.96. The van der Waals surface area contributed by atoms with E-state index in [-0.39, 0.29) is 17.9 Å². The van der Waals surface area contributed by atoms with Crippen LogP contribution in [0.4, 0.5) is 5.69 Å². The molecule has 3 aromatic rings. The van der Waals surface area contributed by atoms with Gasteiger partial charge >= 0.3 is 0 Å². The number of anilines is 1. The van der Waals surface area contributed by atoms with E-state index in [0.29, 0.717) is 49.5 Å². The second-order valence-electron chi connectivity index (χ2n) is 9.39. The predicted molar refractivity (Wildman–Crippen MR) is 149 cm³/mol. The summed E-state index contributed by atoms with van der Waals surface area (Å²) in [7, 11) is 4.04. The molecule has 0 bridgehead atoms. The van der Waals surface area contributed by atoms with Crippen molar-refractivity contribution in [3.8, 4) is 5.88 Å². The summed E-state index contributed by atoms with van der Waals surface area (Å²) < 4.78 is 6.87. The van der Waals surface area contributed by atoms with Gasteiger partial charge in [0.05, 0.1) is 11.1 Å². The lowest BCUT2D eigenvalue weighted by Gasteiger charge is -2.32. The lowest BCUT2D eigenvalue weighted by Crippen LogP contribution is -2.42. The third kappa shape index (κ3) is 7.32. The number of aromatic nitrogens is 1. The standard InChI is InChI=1S/C29H33BrN4O3/c1-33(2)23-12-9-21(10-13-23)6-5-17-31-28(35)25-7-3-4-8-26(25)29(36)34-18-15-24(16-19-34)37-27-14-11-22(30)20-32-27/h3-4,7-14,20,24H,5-6,15-19H2,1-2H3,(H,31,35). The quantitative estimate of drug-likeness (QED) is 0.372. The monoisotopic (exact) mass is 564 g/mol. The summed E-state index contributed by atoms with van der Waals surface area (Å²) >= 11 is 3.37. The molecule has 0 spiro atoms. The fourth-order valence-corrected chi connectivity index (χ4v) is 4.60. The molecule has 1 N–H and O–H groups in total. The molecule has 0 aliphatic carbocycles. The zero-order valence-corrected chi connectivity index (χ0v) is 22.9. The molecule has 1 saturated heterocycles. The summed E-state index contributed by atoms with van der Waals surface area (Å²) in [6.07, 6.45) is 4.85. The van der Waals surface area contributed by atoms with Gasteiger partial charge in [-0.3, -0.25) is 9.59 Å². The fourth-order valence-electron chi connectivity index (χ4n) is 4.37. The van der Waals surface area contributed by atoms with E-state index >= 15 is 0 Å². The van der Waals surface area contributed by atoms with Gasteiger partial charge < -0.3 is 19.9 Å². The molecule has 4 rings (SSSR count). The van der Waals surface area contributed by atoms with Crippen LogP contribution >= 0.6 is 15.9 Å². The SMILES string of the molecule is CN(C)c1ccc(CCCNC(=O)c2ccccc2C(=O)N2CCC(Oc3ccc(Br)cn3)CC2)cc1. The minimum Gasteiger partial charge on any atom is -0.474 e. The fraction of sp³-hybridized carbons (Fsp3) is 0.345. The number of benzene rings is 2. The number of amides is 2. The molecular weight excluding hydrogens is 532 g/mol. The zero-order valence-electron chi connectivity index (χ0n) is 21.3. The van der Waals surface area contributed by atoms with Gasteiger partial charge in [0, 0.05) is 69.0 Å². The normalized spacial score (nSPS) is 13.8. The van der Waals surface area contributed by atoms with Crippen LogP contribution < -0.4 is 15.0 Å². The molecule has 0 unspecified atom stereocenters. The number of halogens is 1. The number of likely N-dealkylation sites (tertiary alicyclic amines) is 1. The van der Waals surface area contributed by atoms with E-state index < -0.39 is 0 Å². The van der Waals surface area contributed by atoms with Gasteiger partial charge in [-0.1, -0.05) is 24.3 Å². The van der Waals surface area contributed by atoms with Gasteiger partial charge in [0.2, 0.25) is 5.88 Å². The van der Waals surface area contributed by atoms with Crippen molar-refractivity contribution >= 4 is 33.4 Å². The molecule has 0 saturated carbocycles. The Morgan fingerprint density at radius 1 is 1.03 bits per heavy atom. The number of ether oxygens (including phenoxy) is 1. The van der Waals surface area contributed by atoms with Crippen LogP contribution in [-0.4, -0.2) is 61.5 Å². The van der Waals surface area contributed by atoms with Gasteiger partial charge in [0.1, 0.15) is 6.10 Å². The Morgan fingerprint density at radius 3 is 2.38 bits per heavy atom. The lowest BCUT2D eigenvalue weighted by molar-refractivity contribution is 0.0584. The van der Waals surface area contributed by atoms with Gasteiger partial charge in [-0.25, -0.2) is 4.98 Å². The molecule has 194 valence electrons. The van der Waals surface area contributed by atoms with Gasteiger partial charge in [0.15, 0.2) is 0 Å². The number of aryl methyl sites for hydroxylation is 1. The van der Waals surface area contributed by atoms with Crippen molar-refractivity contribution in [2.45, 2.75) is 31.8 Å². The van der Waals surface area contributed by atoms with Crippen molar-refractivity contribution in [3.05, 3.63) is 88.0 Å². The van der Waals surface area contributed by atoms with Crippen LogP contribution in [0.1, 0.15) is 45.5 Å². The minimum absolute atomic E-state index is 0.00959. The Hall–Kier alpha value is -3.39. The van der Waals surface area contributed by atoms with Crippen LogP contribution in [0, 0.1) is 0 Å². The van der Waals surface area contributed by atoms with E-state index in [0.717, 1.165) is 23.0 Å². The topological polar surface area (TPSA) is 74.8 Å². The van der Waals surface area contributed by atoms with Crippen LogP contribution in [-0.2, 0) is 6.42 Å². The van der Waals surface area contributed by atoms with Crippen LogP contribution in [0.15, 0.2) is 71.3 Å². The highest BCUT2D eigenvalue weighted by Gasteiger charge is 2.27. The average molecular weight is 566 g/mol. The number of rotatable bonds is 9. The third-order valence-corrected chi connectivity index (χ3v) is 6.97. The molecule has 0 radical (unpaired) electrons. The number of nitrogens with one attached hydrogen (secondary N) is 1. The Labute approximate surface area is 227 Å². The van der Waals surface area contributed by atoms with E-state index in [2.05, 4.69) is 55.4 Å². The number of pyridine rings is 1. The average Bonchev–Trinajstić information content (AvgIpc) is 2.92. The second-order valence-corrected chi connectivity index (χ2v) is 10.3. The van der Waals surface area contributed by atoms with E-state index in [4.69, 9.17) is 4.74 Å². The van der Waals surface area contributed by atoms with Crippen LogP contribution in [0.3, 0.4) is 0 Å². The molecule has 37 heavy (non-hydrogen) atoms. The Morgan fingerprint density at radius 2 is 1.73 bits per heavy atom. The first-order valence-corrected chi connectivity index (χ1v) is 13.4. The number of piperidine rings is 1. The van der Waals surface area contributed by atoms with Crippen molar-refractivity contribution in [3.63, 3.8) is 0 Å². The Balaban J connectivity index is 1.27. The van der Waals surface area contributed by atoms with Gasteiger partial charge in [-0.2, -0.15) is 0 Å². The van der Waals surface area contributed by atoms with Crippen LogP contribution in [0.5, 0.6) is 5.88 Å². The van der Waals surface area contributed by atoms with Crippen LogP contribution in [0.25, 0.3) is 0 Å². The Bertz CT molecular complexity index is 1190. The third-order valence-electron chi connectivity index (χ3n) is 6.50. The van der Waals surface area contributed by atoms with Gasteiger partial charge in [0.25, 0.3) is 11.8 Å². The van der Waals surface area contributed by atoms with Crippen molar-refractivity contribution in [1.29, 1.82) is 0 Å². The van der Waals surface area contributed by atoms with Crippen molar-refractivity contribution in [2.24, 2.45) is 0 Å². The maximum Gasteiger partial charge on any atom is 0.254 e. The maximum absolute atomic E-state index is 13.3. The molecule has 2 heterocycles. The highest BCUT2D eigenvalue weighted by atomic mass is 79.9. The van der Waals surface area contributed by atoms with Crippen molar-refractivity contribution in [2.75, 3.05) is 38.6 Å². The molecule has 1 aliphatic rings. The first kappa shape index (κ1) is 26.7. The molecule has 0 atom stereocenters. The molecular formula is C29H33BrN4O3. The summed E-state index contributed by atoms with van der Waals surface area (Å²) in [5, 5.41) is 2.99. The van der Waals surface area contributed by atoms with Gasteiger partial charge in [-0.15, -0.1) is 0 Å². The highest BCUT2D eigenvalue weighted by molar-refractivity contribution is 9.10. The smallest absolute Gasteiger partial charge is 0.254 e. The second kappa shape index (κ2) is 12.7. The lowest BCUT2D eigenvalue weighted by atomic mass is 10.0. The Kier molecular flexibility index (Phi) is 9.17. The van der Waals surface area contributed by atoms with E-state index in [9.17, 15) is 9.59 Å². The summed E-state index contributed by atoms with van der Waals surface area (Å²) in [6, 6.07) is 19.2. The van der Waals surface area contributed by atoms with Crippen molar-refractivity contribution in [1.82, 2.24) is 15.2 Å². The first-order valence-electron chi connectivity index (χ1n) is 12.6. The maximum atomic E-state index is 13.3. The molecule has 1 fully saturated rings. The van der Waals surface area contributed by atoms with E-state index in [1.54, 1.807) is 35.4 Å². The largest absolute Gasteiger partial charge is 0.474 e. The van der Waals surface area contributed by atoms with E-state index in [1.165, 1.54) is 5.56 Å².